The number of ketones is 1. The first kappa shape index (κ1) is 37.6. The van der Waals surface area contributed by atoms with Crippen LogP contribution >= 0.6 is 0 Å². The SMILES string of the molecule is COCCCN(C[C@]1(O)CC[C@H]2[C@]34C=C[C@@]5(C=C3C(=O)c3ccc(OC)cc3)CC(O)CC[C@]5(C)[C@H]4CC[C@@]21C)C(=O)Cc1ccc(OC)c(OC)c1. The fourth-order valence-corrected chi connectivity index (χ4v) is 11.8. The number of Topliss-reactive ketones (excluding diaryl/α,β-unsaturated/α-hetero) is 1. The van der Waals surface area contributed by atoms with E-state index in [1.54, 1.807) is 28.4 Å². The van der Waals surface area contributed by atoms with Crippen molar-refractivity contribution in [3.8, 4) is 17.2 Å². The molecule has 0 saturated heterocycles. The molecule has 8 rings (SSSR count). The van der Waals surface area contributed by atoms with Crippen molar-refractivity contribution in [2.45, 2.75) is 83.3 Å². The first-order valence-electron chi connectivity index (χ1n) is 19.3. The summed E-state index contributed by atoms with van der Waals surface area (Å²) >= 11 is 0. The molecule has 6 aliphatic rings. The lowest BCUT2D eigenvalue weighted by molar-refractivity contribution is -0.178. The lowest BCUT2D eigenvalue weighted by Crippen LogP contribution is -2.67. The van der Waals surface area contributed by atoms with Crippen LogP contribution in [0.25, 0.3) is 0 Å². The number of carbonyl (C=O) groups excluding carboxylic acids is 2. The molecule has 1 unspecified atom stereocenters. The first-order valence-corrected chi connectivity index (χ1v) is 19.3. The Labute approximate surface area is 314 Å². The highest BCUT2D eigenvalue weighted by Gasteiger charge is 2.74. The number of fused-ring (bicyclic) bond motifs is 1. The van der Waals surface area contributed by atoms with E-state index in [-0.39, 0.29) is 41.9 Å². The molecule has 2 bridgehead atoms. The van der Waals surface area contributed by atoms with Gasteiger partial charge >= 0.3 is 0 Å². The maximum atomic E-state index is 14.9. The molecular formula is C44H57NO8. The first-order chi connectivity index (χ1) is 25.3. The number of carbonyl (C=O) groups is 2. The molecule has 3 fully saturated rings. The predicted octanol–water partition coefficient (Wildman–Crippen LogP) is 6.59. The van der Waals surface area contributed by atoms with E-state index in [9.17, 15) is 19.8 Å². The number of hydrogen-bond donors (Lipinski definition) is 2. The standard InChI is InChI=1S/C44H57NO8/c1-40-17-14-31(46)26-42(40)20-21-44(33(27-42)39(48)30-9-11-32(51-4)12-10-30)36(40)15-18-41(2)37(44)16-19-43(41,49)28-45(22-7-23-50-3)38(47)25-29-8-13-34(52-5)35(24-29)53-6/h8-13,20-21,24,27,31,36-37,46,49H,7,14-19,22-23,25-26,28H2,1-6H3/t31?,36-,37-,40-,41+,42+,43-,44-/m1/s1. The van der Waals surface area contributed by atoms with Crippen molar-refractivity contribution in [1.29, 1.82) is 0 Å². The number of aliphatic hydroxyl groups is 2. The van der Waals surface area contributed by atoms with Crippen LogP contribution in [0.5, 0.6) is 17.2 Å². The average molecular weight is 728 g/mol. The Morgan fingerprint density at radius 2 is 1.55 bits per heavy atom. The lowest BCUT2D eigenvalue weighted by Gasteiger charge is -2.71. The number of allylic oxidation sites excluding steroid dienone is 4. The minimum atomic E-state index is -1.17. The molecule has 9 heteroatoms. The summed E-state index contributed by atoms with van der Waals surface area (Å²) in [5, 5.41) is 24.1. The largest absolute Gasteiger partial charge is 0.497 e. The van der Waals surface area contributed by atoms with Gasteiger partial charge < -0.3 is 34.1 Å². The van der Waals surface area contributed by atoms with Gasteiger partial charge in [-0.15, -0.1) is 0 Å². The van der Waals surface area contributed by atoms with E-state index in [4.69, 9.17) is 18.9 Å². The van der Waals surface area contributed by atoms with E-state index in [1.807, 2.05) is 47.4 Å². The number of aliphatic hydroxyl groups excluding tert-OH is 1. The predicted molar refractivity (Wildman–Crippen MR) is 202 cm³/mol. The number of hydrogen-bond acceptors (Lipinski definition) is 8. The van der Waals surface area contributed by atoms with Crippen LogP contribution in [0, 0.1) is 33.5 Å². The third kappa shape index (κ3) is 5.75. The summed E-state index contributed by atoms with van der Waals surface area (Å²) in [6.07, 6.45) is 12.4. The third-order valence-electron chi connectivity index (χ3n) is 14.7. The van der Waals surface area contributed by atoms with Gasteiger partial charge in [-0.3, -0.25) is 9.59 Å². The normalized spacial score (nSPS) is 35.1. The zero-order valence-corrected chi connectivity index (χ0v) is 32.3. The van der Waals surface area contributed by atoms with Crippen LogP contribution in [0.3, 0.4) is 0 Å². The Bertz CT molecular complexity index is 1790. The number of benzene rings is 2. The Morgan fingerprint density at radius 3 is 2.25 bits per heavy atom. The Kier molecular flexibility index (Phi) is 9.86. The van der Waals surface area contributed by atoms with E-state index >= 15 is 0 Å². The summed E-state index contributed by atoms with van der Waals surface area (Å²) in [5.74, 6) is 1.96. The van der Waals surface area contributed by atoms with Gasteiger partial charge in [-0.05, 0) is 111 Å². The fraction of sp³-hybridized carbons (Fsp3) is 0.591. The molecule has 6 aliphatic carbocycles. The van der Waals surface area contributed by atoms with E-state index in [0.29, 0.717) is 55.2 Å². The number of rotatable bonds is 13. The highest BCUT2D eigenvalue weighted by Crippen LogP contribution is 2.78. The summed E-state index contributed by atoms with van der Waals surface area (Å²) in [4.78, 5) is 30.9. The Balaban J connectivity index is 1.25. The van der Waals surface area contributed by atoms with Crippen LogP contribution in [-0.4, -0.2) is 86.6 Å². The van der Waals surface area contributed by atoms with Gasteiger partial charge in [0.1, 0.15) is 5.75 Å². The van der Waals surface area contributed by atoms with Gasteiger partial charge in [0.15, 0.2) is 17.3 Å². The van der Waals surface area contributed by atoms with Gasteiger partial charge in [0, 0.05) is 54.2 Å². The van der Waals surface area contributed by atoms with Crippen molar-refractivity contribution >= 4 is 11.7 Å². The number of amides is 1. The van der Waals surface area contributed by atoms with Crippen molar-refractivity contribution < 1.29 is 38.7 Å². The van der Waals surface area contributed by atoms with Crippen LogP contribution in [0.15, 0.2) is 66.3 Å². The Morgan fingerprint density at radius 1 is 0.849 bits per heavy atom. The topological polar surface area (TPSA) is 115 Å². The van der Waals surface area contributed by atoms with Crippen molar-refractivity contribution in [1.82, 2.24) is 4.90 Å². The summed E-state index contributed by atoms with van der Waals surface area (Å²) in [5.41, 5.74) is -0.637. The van der Waals surface area contributed by atoms with E-state index < -0.39 is 27.9 Å². The Hall–Kier alpha value is -3.66. The maximum absolute atomic E-state index is 14.9. The smallest absolute Gasteiger partial charge is 0.227 e. The van der Waals surface area contributed by atoms with Crippen molar-refractivity contribution in [2.24, 2.45) is 33.5 Å². The molecule has 2 spiro atoms. The second kappa shape index (κ2) is 13.9. The van der Waals surface area contributed by atoms with Crippen LogP contribution in [0.4, 0.5) is 0 Å². The molecule has 3 saturated carbocycles. The minimum Gasteiger partial charge on any atom is -0.497 e. The molecule has 2 N–H and O–H groups in total. The molecular weight excluding hydrogens is 670 g/mol. The van der Waals surface area contributed by atoms with Gasteiger partial charge in [-0.25, -0.2) is 0 Å². The lowest BCUT2D eigenvalue weighted by atomic mass is 9.32. The van der Waals surface area contributed by atoms with Crippen LogP contribution in [0.1, 0.15) is 81.1 Å². The molecule has 9 nitrogen and oxygen atoms in total. The van der Waals surface area contributed by atoms with Crippen LogP contribution < -0.4 is 14.2 Å². The summed E-state index contributed by atoms with van der Waals surface area (Å²) in [6, 6.07) is 12.9. The molecule has 0 aromatic heterocycles. The monoisotopic (exact) mass is 727 g/mol. The molecule has 0 radical (unpaired) electrons. The van der Waals surface area contributed by atoms with E-state index in [0.717, 1.165) is 43.2 Å². The summed E-state index contributed by atoms with van der Waals surface area (Å²) in [6.45, 7) is 5.78. The number of ether oxygens (including phenoxy) is 4. The average Bonchev–Trinajstić information content (AvgIpc) is 3.43. The fourth-order valence-electron chi connectivity index (χ4n) is 11.8. The maximum Gasteiger partial charge on any atom is 0.227 e. The molecule has 53 heavy (non-hydrogen) atoms. The van der Waals surface area contributed by atoms with Crippen LogP contribution in [-0.2, 0) is 16.0 Å². The highest BCUT2D eigenvalue weighted by atomic mass is 16.5. The zero-order chi connectivity index (χ0) is 37.8. The number of methoxy groups -OCH3 is 4. The molecule has 8 atom stereocenters. The highest BCUT2D eigenvalue weighted by molar-refractivity contribution is 6.10. The quantitative estimate of drug-likeness (QED) is 0.135. The van der Waals surface area contributed by atoms with Crippen LogP contribution in [0.2, 0.25) is 0 Å². The molecule has 1 amide bonds. The van der Waals surface area contributed by atoms with Crippen molar-refractivity contribution in [3.05, 3.63) is 77.4 Å². The molecule has 0 aliphatic heterocycles. The van der Waals surface area contributed by atoms with Gasteiger partial charge in [-0.1, -0.05) is 38.1 Å². The van der Waals surface area contributed by atoms with E-state index in [1.165, 1.54) is 0 Å². The molecule has 2 aromatic rings. The molecule has 0 heterocycles. The van der Waals surface area contributed by atoms with Gasteiger partial charge in [0.25, 0.3) is 0 Å². The van der Waals surface area contributed by atoms with Gasteiger partial charge in [0.05, 0.1) is 39.5 Å². The molecule has 2 aromatic carbocycles. The van der Waals surface area contributed by atoms with Crippen molar-refractivity contribution in [3.63, 3.8) is 0 Å². The van der Waals surface area contributed by atoms with Crippen molar-refractivity contribution in [2.75, 3.05) is 48.1 Å². The van der Waals surface area contributed by atoms with E-state index in [2.05, 4.69) is 32.1 Å². The molecule has 286 valence electrons. The third-order valence-corrected chi connectivity index (χ3v) is 14.7. The number of nitrogens with zero attached hydrogens (tertiary/aromatic N) is 1. The minimum absolute atomic E-state index is 0.00877. The van der Waals surface area contributed by atoms with Gasteiger partial charge in [0.2, 0.25) is 5.91 Å². The summed E-state index contributed by atoms with van der Waals surface area (Å²) in [7, 11) is 6.45. The van der Waals surface area contributed by atoms with Gasteiger partial charge in [-0.2, -0.15) is 0 Å². The second-order valence-electron chi connectivity index (χ2n) is 16.9. The zero-order valence-electron chi connectivity index (χ0n) is 32.3. The second-order valence-corrected chi connectivity index (χ2v) is 16.9. The summed E-state index contributed by atoms with van der Waals surface area (Å²) < 4.78 is 21.7.